The highest BCUT2D eigenvalue weighted by Gasteiger charge is 2.26. The molecule has 120 valence electrons. The first-order valence-corrected chi connectivity index (χ1v) is 7.59. The molecule has 1 aromatic carbocycles. The molecule has 1 fully saturated rings. The van der Waals surface area contributed by atoms with Gasteiger partial charge in [0.1, 0.15) is 0 Å². The van der Waals surface area contributed by atoms with Crippen molar-refractivity contribution in [3.05, 3.63) is 33.3 Å². The lowest BCUT2D eigenvalue weighted by Crippen LogP contribution is -2.44. The predicted molar refractivity (Wildman–Crippen MR) is 83.1 cm³/mol. The maximum Gasteiger partial charge on any atom is 0.312 e. The summed E-state index contributed by atoms with van der Waals surface area (Å²) in [5.41, 5.74) is -0.235. The number of amides is 1. The molecule has 0 radical (unpaired) electrons. The van der Waals surface area contributed by atoms with Gasteiger partial charge in [0.25, 0.3) is 5.91 Å². The number of halogens is 1. The third kappa shape index (κ3) is 4.10. The number of ether oxygens (including phenoxy) is 1. The Morgan fingerprint density at radius 3 is 2.64 bits per heavy atom. The SMILES string of the molecule is C[C@H]1C[C@H](C)CN(C(=O)COc2ccc(Cl)cc2[N+](=O)[O-])C1. The average Bonchev–Trinajstić information content (AvgIpc) is 2.44. The Bertz CT molecular complexity index is 569. The van der Waals surface area contributed by atoms with Crippen molar-refractivity contribution in [3.8, 4) is 5.75 Å². The van der Waals surface area contributed by atoms with Gasteiger partial charge in [0.05, 0.1) is 4.92 Å². The molecule has 1 aromatic rings. The van der Waals surface area contributed by atoms with Crippen molar-refractivity contribution in [1.82, 2.24) is 4.90 Å². The Kier molecular flexibility index (Phi) is 5.24. The van der Waals surface area contributed by atoms with Crippen LogP contribution in [0.3, 0.4) is 0 Å². The fourth-order valence-corrected chi connectivity index (χ4v) is 3.02. The Morgan fingerprint density at radius 1 is 1.41 bits per heavy atom. The van der Waals surface area contributed by atoms with Gasteiger partial charge in [-0.25, -0.2) is 0 Å². The monoisotopic (exact) mass is 326 g/mol. The number of nitro benzene ring substituents is 1. The molecule has 0 bridgehead atoms. The maximum absolute atomic E-state index is 12.2. The number of carbonyl (C=O) groups excluding carboxylic acids is 1. The number of nitrogens with zero attached hydrogens (tertiary/aromatic N) is 2. The third-order valence-electron chi connectivity index (χ3n) is 3.69. The van der Waals surface area contributed by atoms with Gasteiger partial charge in [-0.1, -0.05) is 25.4 Å². The third-order valence-corrected chi connectivity index (χ3v) is 3.93. The summed E-state index contributed by atoms with van der Waals surface area (Å²) in [5.74, 6) is 0.818. The number of carbonyl (C=O) groups is 1. The molecule has 1 aliphatic heterocycles. The van der Waals surface area contributed by atoms with Crippen molar-refractivity contribution in [3.63, 3.8) is 0 Å². The maximum atomic E-state index is 12.2. The van der Waals surface area contributed by atoms with Gasteiger partial charge < -0.3 is 9.64 Å². The van der Waals surface area contributed by atoms with Crippen LogP contribution in [0.2, 0.25) is 5.02 Å². The van der Waals surface area contributed by atoms with Crippen molar-refractivity contribution in [2.45, 2.75) is 20.3 Å². The minimum Gasteiger partial charge on any atom is -0.477 e. The average molecular weight is 327 g/mol. The fraction of sp³-hybridized carbons (Fsp3) is 0.533. The van der Waals surface area contributed by atoms with Crippen LogP contribution < -0.4 is 4.74 Å². The second-order valence-corrected chi connectivity index (χ2v) is 6.34. The van der Waals surface area contributed by atoms with E-state index in [1.54, 1.807) is 4.90 Å². The first-order valence-electron chi connectivity index (χ1n) is 7.21. The predicted octanol–water partition coefficient (Wildman–Crippen LogP) is 3.13. The van der Waals surface area contributed by atoms with E-state index in [-0.39, 0.29) is 29.0 Å². The van der Waals surface area contributed by atoms with E-state index >= 15 is 0 Å². The molecule has 1 amide bonds. The zero-order valence-corrected chi connectivity index (χ0v) is 13.4. The summed E-state index contributed by atoms with van der Waals surface area (Å²) in [4.78, 5) is 24.4. The standard InChI is InChI=1S/C15H19ClN2O4/c1-10-5-11(2)8-17(7-10)15(19)9-22-14-4-3-12(16)6-13(14)18(20)21/h3-4,6,10-11H,5,7-9H2,1-2H3/t10-,11-/m0/s1. The molecule has 1 saturated heterocycles. The minimum atomic E-state index is -0.573. The summed E-state index contributed by atoms with van der Waals surface area (Å²) in [6, 6.07) is 4.13. The zero-order chi connectivity index (χ0) is 16.3. The highest BCUT2D eigenvalue weighted by Crippen LogP contribution is 2.30. The van der Waals surface area contributed by atoms with Crippen LogP contribution in [0, 0.1) is 22.0 Å². The minimum absolute atomic E-state index is 0.0563. The molecule has 0 saturated carbocycles. The molecular weight excluding hydrogens is 308 g/mol. The normalized spacial score (nSPS) is 21.5. The summed E-state index contributed by atoms with van der Waals surface area (Å²) in [6.45, 7) is 5.42. The number of hydrogen-bond donors (Lipinski definition) is 0. The van der Waals surface area contributed by atoms with Gasteiger partial charge in [-0.05, 0) is 30.4 Å². The quantitative estimate of drug-likeness (QED) is 0.629. The van der Waals surface area contributed by atoms with Crippen LogP contribution in [0.25, 0.3) is 0 Å². The van der Waals surface area contributed by atoms with Crippen LogP contribution in [0.4, 0.5) is 5.69 Å². The van der Waals surface area contributed by atoms with E-state index in [0.717, 1.165) is 6.42 Å². The molecule has 0 aliphatic carbocycles. The molecule has 0 spiro atoms. The van der Waals surface area contributed by atoms with Crippen molar-refractivity contribution in [1.29, 1.82) is 0 Å². The van der Waals surface area contributed by atoms with Crippen LogP contribution in [0.1, 0.15) is 20.3 Å². The summed E-state index contributed by atoms with van der Waals surface area (Å²) >= 11 is 5.74. The lowest BCUT2D eigenvalue weighted by molar-refractivity contribution is -0.385. The topological polar surface area (TPSA) is 72.7 Å². The molecule has 0 unspecified atom stereocenters. The van der Waals surface area contributed by atoms with E-state index in [1.807, 2.05) is 0 Å². The number of likely N-dealkylation sites (tertiary alicyclic amines) is 1. The molecule has 0 N–H and O–H groups in total. The van der Waals surface area contributed by atoms with Gasteiger partial charge >= 0.3 is 5.69 Å². The van der Waals surface area contributed by atoms with Crippen molar-refractivity contribution in [2.75, 3.05) is 19.7 Å². The zero-order valence-electron chi connectivity index (χ0n) is 12.6. The van der Waals surface area contributed by atoms with E-state index in [9.17, 15) is 14.9 Å². The van der Waals surface area contributed by atoms with Crippen LogP contribution in [0.5, 0.6) is 5.75 Å². The van der Waals surface area contributed by atoms with E-state index < -0.39 is 4.92 Å². The molecule has 1 aliphatic rings. The van der Waals surface area contributed by atoms with E-state index in [2.05, 4.69) is 13.8 Å². The Hall–Kier alpha value is -1.82. The van der Waals surface area contributed by atoms with Crippen molar-refractivity contribution < 1.29 is 14.5 Å². The van der Waals surface area contributed by atoms with Gasteiger partial charge in [0, 0.05) is 24.2 Å². The molecule has 2 rings (SSSR count). The number of hydrogen-bond acceptors (Lipinski definition) is 4. The lowest BCUT2D eigenvalue weighted by Gasteiger charge is -2.34. The highest BCUT2D eigenvalue weighted by atomic mass is 35.5. The number of benzene rings is 1. The van der Waals surface area contributed by atoms with Gasteiger partial charge in [0.15, 0.2) is 12.4 Å². The Labute approximate surface area is 134 Å². The number of rotatable bonds is 4. The van der Waals surface area contributed by atoms with Gasteiger partial charge in [-0.15, -0.1) is 0 Å². The molecule has 7 heteroatoms. The first-order chi connectivity index (χ1) is 10.4. The Morgan fingerprint density at radius 2 is 2.05 bits per heavy atom. The number of piperidine rings is 1. The largest absolute Gasteiger partial charge is 0.477 e. The Balaban J connectivity index is 2.01. The fourth-order valence-electron chi connectivity index (χ4n) is 2.85. The molecule has 2 atom stereocenters. The van der Waals surface area contributed by atoms with Gasteiger partial charge in [-0.3, -0.25) is 14.9 Å². The summed E-state index contributed by atoms with van der Waals surface area (Å²) in [5, 5.41) is 11.2. The van der Waals surface area contributed by atoms with Gasteiger partial charge in [0.2, 0.25) is 0 Å². The van der Waals surface area contributed by atoms with Crippen LogP contribution >= 0.6 is 11.6 Å². The smallest absolute Gasteiger partial charge is 0.312 e. The highest BCUT2D eigenvalue weighted by molar-refractivity contribution is 6.30. The van der Waals surface area contributed by atoms with Crippen molar-refractivity contribution in [2.24, 2.45) is 11.8 Å². The second kappa shape index (κ2) is 6.96. The summed E-state index contributed by atoms with van der Waals surface area (Å²) in [6.07, 6.45) is 1.10. The van der Waals surface area contributed by atoms with E-state index in [1.165, 1.54) is 18.2 Å². The second-order valence-electron chi connectivity index (χ2n) is 5.90. The van der Waals surface area contributed by atoms with E-state index in [4.69, 9.17) is 16.3 Å². The molecule has 0 aromatic heterocycles. The van der Waals surface area contributed by atoms with Crippen LogP contribution in [-0.4, -0.2) is 35.4 Å². The van der Waals surface area contributed by atoms with Crippen molar-refractivity contribution >= 4 is 23.2 Å². The summed E-state index contributed by atoms with van der Waals surface area (Å²) in [7, 11) is 0. The van der Waals surface area contributed by atoms with Crippen LogP contribution in [0.15, 0.2) is 18.2 Å². The number of nitro groups is 1. The molecular formula is C15H19ClN2O4. The molecule has 6 nitrogen and oxygen atoms in total. The lowest BCUT2D eigenvalue weighted by atomic mass is 9.92. The molecule has 22 heavy (non-hydrogen) atoms. The van der Waals surface area contributed by atoms with E-state index in [0.29, 0.717) is 24.9 Å². The van der Waals surface area contributed by atoms with Crippen LogP contribution in [-0.2, 0) is 4.79 Å². The summed E-state index contributed by atoms with van der Waals surface area (Å²) < 4.78 is 5.35. The van der Waals surface area contributed by atoms with Gasteiger partial charge in [-0.2, -0.15) is 0 Å². The molecule has 1 heterocycles. The first kappa shape index (κ1) is 16.5.